The second kappa shape index (κ2) is 5.04. The molecule has 0 bridgehead atoms. The molecule has 0 spiro atoms. The molecule has 0 aromatic heterocycles. The topological polar surface area (TPSA) is 12.4 Å². The molecule has 0 atom stereocenters. The zero-order valence-corrected chi connectivity index (χ0v) is 6.77. The van der Waals surface area contributed by atoms with Crippen LogP contribution < -0.4 is 0 Å². The Balaban J connectivity index is 3.42. The third kappa shape index (κ3) is 5.89. The summed E-state index contributed by atoms with van der Waals surface area (Å²) in [5, 5.41) is 0. The van der Waals surface area contributed by atoms with Gasteiger partial charge in [-0.05, 0) is 13.3 Å². The first-order valence-corrected chi connectivity index (χ1v) is 3.40. The molecule has 0 unspecified atom stereocenters. The van der Waals surface area contributed by atoms with Gasteiger partial charge in [0, 0.05) is 16.9 Å². The van der Waals surface area contributed by atoms with Crippen LogP contribution in [0, 0.1) is 0 Å². The lowest BCUT2D eigenvalue weighted by Crippen LogP contribution is -1.63. The Morgan fingerprint density at radius 1 is 1.75 bits per heavy atom. The van der Waals surface area contributed by atoms with Crippen molar-refractivity contribution < 1.29 is 0 Å². The van der Waals surface area contributed by atoms with Crippen LogP contribution in [-0.2, 0) is 0 Å². The highest BCUT2D eigenvalue weighted by molar-refractivity contribution is 9.11. The van der Waals surface area contributed by atoms with Gasteiger partial charge in [-0.25, -0.2) is 0 Å². The van der Waals surface area contributed by atoms with E-state index in [1.807, 2.05) is 13.1 Å². The molecule has 46 valence electrons. The van der Waals surface area contributed by atoms with E-state index in [2.05, 4.69) is 27.8 Å². The van der Waals surface area contributed by atoms with Crippen LogP contribution in [0.3, 0.4) is 0 Å². The van der Waals surface area contributed by atoms with E-state index in [4.69, 9.17) is 0 Å². The molecule has 2 heteroatoms. The van der Waals surface area contributed by atoms with Gasteiger partial charge in [0.15, 0.2) is 0 Å². The maximum Gasteiger partial charge on any atom is 0.0362 e. The minimum atomic E-state index is 0.997. The van der Waals surface area contributed by atoms with Crippen molar-refractivity contribution in [2.75, 3.05) is 0 Å². The van der Waals surface area contributed by atoms with E-state index in [1.165, 1.54) is 0 Å². The fourth-order valence-electron chi connectivity index (χ4n) is 0.261. The Bertz CT molecular complexity index is 101. The van der Waals surface area contributed by atoms with Gasteiger partial charge in [0.2, 0.25) is 0 Å². The summed E-state index contributed by atoms with van der Waals surface area (Å²) in [6.07, 6.45) is 4.64. The van der Waals surface area contributed by atoms with Gasteiger partial charge >= 0.3 is 0 Å². The fourth-order valence-corrected chi connectivity index (χ4v) is 0.379. The molecule has 0 aliphatic rings. The van der Waals surface area contributed by atoms with E-state index in [0.717, 1.165) is 10.9 Å². The maximum absolute atomic E-state index is 3.96. The molecular formula is C6H10BrN. The maximum atomic E-state index is 3.96. The van der Waals surface area contributed by atoms with Crippen LogP contribution in [-0.4, -0.2) is 6.21 Å². The molecule has 0 aromatic rings. The Hall–Kier alpha value is -0.110. The first kappa shape index (κ1) is 7.89. The van der Waals surface area contributed by atoms with E-state index >= 15 is 0 Å². The van der Waals surface area contributed by atoms with Gasteiger partial charge in [0.25, 0.3) is 0 Å². The zero-order valence-electron chi connectivity index (χ0n) is 5.19. The molecular weight excluding hydrogens is 166 g/mol. The minimum Gasteiger partial charge on any atom is -0.268 e. The monoisotopic (exact) mass is 175 g/mol. The number of allylic oxidation sites excluding steroid dienone is 1. The van der Waals surface area contributed by atoms with Gasteiger partial charge in [-0.15, -0.1) is 0 Å². The molecule has 0 heterocycles. The normalized spacial score (nSPS) is 13.1. The first-order chi connectivity index (χ1) is 3.77. The zero-order chi connectivity index (χ0) is 6.41. The number of hydrogen-bond donors (Lipinski definition) is 0. The Kier molecular flexibility index (Phi) is 4.97. The van der Waals surface area contributed by atoms with Crippen LogP contribution in [0.2, 0.25) is 0 Å². The van der Waals surface area contributed by atoms with Crippen LogP contribution in [0.5, 0.6) is 0 Å². The number of hydrogen-bond acceptors (Lipinski definition) is 1. The lowest BCUT2D eigenvalue weighted by molar-refractivity contribution is 1.31. The smallest absolute Gasteiger partial charge is 0.0362 e. The summed E-state index contributed by atoms with van der Waals surface area (Å²) in [5.41, 5.74) is 0. The standard InChI is InChI=1S/C6H10BrN/c1-3-4-8-5-6(2)7/h4-5H,3H2,1-2H3. The number of nitrogens with zero attached hydrogens (tertiary/aromatic N) is 1. The Labute approximate surface area is 58.6 Å². The quantitative estimate of drug-likeness (QED) is 0.573. The molecule has 0 rings (SSSR count). The third-order valence-electron chi connectivity index (χ3n) is 0.540. The number of halogens is 1. The van der Waals surface area contributed by atoms with Crippen molar-refractivity contribution in [2.45, 2.75) is 20.3 Å². The van der Waals surface area contributed by atoms with Crippen LogP contribution in [0.25, 0.3) is 0 Å². The highest BCUT2D eigenvalue weighted by Crippen LogP contribution is 2.00. The highest BCUT2D eigenvalue weighted by atomic mass is 79.9. The summed E-state index contributed by atoms with van der Waals surface area (Å²) in [4.78, 5) is 3.96. The van der Waals surface area contributed by atoms with Crippen LogP contribution >= 0.6 is 15.9 Å². The van der Waals surface area contributed by atoms with Gasteiger partial charge in [0.05, 0.1) is 0 Å². The van der Waals surface area contributed by atoms with Crippen molar-refractivity contribution in [3.8, 4) is 0 Å². The van der Waals surface area contributed by atoms with E-state index < -0.39 is 0 Å². The fraction of sp³-hybridized carbons (Fsp3) is 0.500. The lowest BCUT2D eigenvalue weighted by Gasteiger charge is -1.78. The second-order valence-corrected chi connectivity index (χ2v) is 2.71. The van der Waals surface area contributed by atoms with E-state index in [9.17, 15) is 0 Å². The first-order valence-electron chi connectivity index (χ1n) is 2.61. The largest absolute Gasteiger partial charge is 0.268 e. The minimum absolute atomic E-state index is 0.997. The predicted octanol–water partition coefficient (Wildman–Crippen LogP) is 2.72. The number of rotatable bonds is 2. The molecule has 0 radical (unpaired) electrons. The summed E-state index contributed by atoms with van der Waals surface area (Å²) in [6.45, 7) is 4.01. The van der Waals surface area contributed by atoms with E-state index in [-0.39, 0.29) is 0 Å². The molecule has 0 aliphatic heterocycles. The van der Waals surface area contributed by atoms with Crippen molar-refractivity contribution in [1.82, 2.24) is 0 Å². The average molecular weight is 176 g/mol. The van der Waals surface area contributed by atoms with Crippen molar-refractivity contribution in [3.63, 3.8) is 0 Å². The third-order valence-corrected chi connectivity index (χ3v) is 0.745. The highest BCUT2D eigenvalue weighted by Gasteiger charge is 1.70. The summed E-state index contributed by atoms with van der Waals surface area (Å²) in [6, 6.07) is 0. The molecule has 8 heavy (non-hydrogen) atoms. The Morgan fingerprint density at radius 2 is 2.38 bits per heavy atom. The molecule has 1 nitrogen and oxygen atoms in total. The van der Waals surface area contributed by atoms with Crippen molar-refractivity contribution in [3.05, 3.63) is 10.7 Å². The van der Waals surface area contributed by atoms with Gasteiger partial charge in [0.1, 0.15) is 0 Å². The van der Waals surface area contributed by atoms with E-state index in [0.29, 0.717) is 0 Å². The Morgan fingerprint density at radius 3 is 2.75 bits per heavy atom. The van der Waals surface area contributed by atoms with Gasteiger partial charge in [-0.3, -0.25) is 4.99 Å². The van der Waals surface area contributed by atoms with E-state index in [1.54, 1.807) is 6.20 Å². The lowest BCUT2D eigenvalue weighted by atomic mass is 10.5. The van der Waals surface area contributed by atoms with Gasteiger partial charge < -0.3 is 0 Å². The molecule has 0 aliphatic carbocycles. The molecule has 0 aromatic carbocycles. The summed E-state index contributed by atoms with van der Waals surface area (Å²) in [7, 11) is 0. The predicted molar refractivity (Wildman–Crippen MR) is 41.5 cm³/mol. The summed E-state index contributed by atoms with van der Waals surface area (Å²) in [5.74, 6) is 0. The summed E-state index contributed by atoms with van der Waals surface area (Å²) < 4.78 is 1.06. The van der Waals surface area contributed by atoms with Crippen LogP contribution in [0.1, 0.15) is 20.3 Å². The second-order valence-electron chi connectivity index (χ2n) is 1.46. The molecule has 0 fully saturated rings. The van der Waals surface area contributed by atoms with Crippen LogP contribution in [0.4, 0.5) is 0 Å². The average Bonchev–Trinajstić information content (AvgIpc) is 1.66. The molecule has 0 saturated carbocycles. The van der Waals surface area contributed by atoms with Crippen molar-refractivity contribution in [1.29, 1.82) is 0 Å². The van der Waals surface area contributed by atoms with Gasteiger partial charge in [-0.2, -0.15) is 0 Å². The summed E-state index contributed by atoms with van der Waals surface area (Å²) >= 11 is 3.25. The molecule has 0 N–H and O–H groups in total. The molecule has 0 amide bonds. The van der Waals surface area contributed by atoms with Gasteiger partial charge in [-0.1, -0.05) is 22.9 Å². The van der Waals surface area contributed by atoms with Crippen molar-refractivity contribution >= 4 is 22.1 Å². The van der Waals surface area contributed by atoms with Crippen molar-refractivity contribution in [2.24, 2.45) is 4.99 Å². The van der Waals surface area contributed by atoms with Crippen LogP contribution in [0.15, 0.2) is 15.7 Å². The molecule has 0 saturated heterocycles. The SMILES string of the molecule is CCC=NC=C(C)Br. The number of aliphatic imine (C=N–C) groups is 1.